The van der Waals surface area contributed by atoms with Crippen LogP contribution in [-0.4, -0.2) is 101 Å². The smallest absolute Gasteiger partial charge is 0.179 e. The number of benzene rings is 2. The monoisotopic (exact) mass is 612 g/mol. The number of piperazine rings is 3. The van der Waals surface area contributed by atoms with E-state index in [2.05, 4.69) is 18.7 Å². The first-order valence-electron chi connectivity index (χ1n) is 16.6. The Bertz CT molecular complexity index is 1310. The number of ether oxygens (including phenoxy) is 1. The number of nitrogens with zero attached hydrogens (tertiary/aromatic N) is 3. The van der Waals surface area contributed by atoms with Crippen molar-refractivity contribution in [2.75, 3.05) is 77.2 Å². The number of fused-ring (bicyclic) bond motifs is 4. The van der Waals surface area contributed by atoms with Crippen molar-refractivity contribution >= 4 is 15.5 Å². The average molecular weight is 613 g/mol. The molecule has 3 saturated heterocycles. The second-order valence-corrected chi connectivity index (χ2v) is 15.7. The first-order valence-corrected chi connectivity index (χ1v) is 18.3. The van der Waals surface area contributed by atoms with Gasteiger partial charge in [-0.3, -0.25) is 4.90 Å². The molecule has 0 radical (unpaired) electrons. The Labute approximate surface area is 260 Å². The fourth-order valence-electron chi connectivity index (χ4n) is 7.94. The molecule has 1 unspecified atom stereocenters. The van der Waals surface area contributed by atoms with Gasteiger partial charge in [-0.25, -0.2) is 8.42 Å². The number of aliphatic hydroxyl groups is 1. The van der Waals surface area contributed by atoms with E-state index in [0.29, 0.717) is 29.9 Å². The van der Waals surface area contributed by atoms with E-state index < -0.39 is 27.3 Å². The second kappa shape index (κ2) is 13.5. The highest BCUT2D eigenvalue weighted by atomic mass is 32.2. The lowest BCUT2D eigenvalue weighted by Crippen LogP contribution is -2.67. The number of aliphatic hydroxyl groups excluding tert-OH is 1. The third kappa shape index (κ3) is 6.92. The zero-order valence-electron chi connectivity index (χ0n) is 26.9. The highest BCUT2D eigenvalue weighted by Gasteiger charge is 2.49. The summed E-state index contributed by atoms with van der Waals surface area (Å²) in [6.07, 6.45) is 5.47. The zero-order chi connectivity index (χ0) is 30.7. The number of unbranched alkanes of at least 4 members (excludes halogenated alkanes) is 2. The van der Waals surface area contributed by atoms with Crippen molar-refractivity contribution in [2.45, 2.75) is 75.7 Å². The van der Waals surface area contributed by atoms with Gasteiger partial charge in [0.1, 0.15) is 5.75 Å². The summed E-state index contributed by atoms with van der Waals surface area (Å²) in [5.41, 5.74) is 1.87. The molecule has 7 nitrogen and oxygen atoms in total. The Hall–Kier alpha value is -2.13. The maximum absolute atomic E-state index is 14.0. The molecule has 2 bridgehead atoms. The molecule has 43 heavy (non-hydrogen) atoms. The van der Waals surface area contributed by atoms with Crippen LogP contribution in [0.1, 0.15) is 75.8 Å². The Morgan fingerprint density at radius 3 is 2.28 bits per heavy atom. The molecular weight excluding hydrogens is 558 g/mol. The summed E-state index contributed by atoms with van der Waals surface area (Å²) in [4.78, 5) is 4.94. The van der Waals surface area contributed by atoms with E-state index in [4.69, 9.17) is 4.74 Å². The van der Waals surface area contributed by atoms with Crippen LogP contribution in [0.3, 0.4) is 0 Å². The van der Waals surface area contributed by atoms with Gasteiger partial charge in [0.2, 0.25) is 0 Å². The highest BCUT2D eigenvalue weighted by Crippen LogP contribution is 2.50. The van der Waals surface area contributed by atoms with Gasteiger partial charge in [-0.05, 0) is 67.1 Å². The van der Waals surface area contributed by atoms with Crippen LogP contribution in [0.2, 0.25) is 0 Å². The number of quaternary nitrogens is 1. The first kappa shape index (κ1) is 32.3. The average Bonchev–Trinajstić information content (AvgIpc) is 3.07. The molecule has 2 aromatic rings. The summed E-state index contributed by atoms with van der Waals surface area (Å²) in [7, 11) is 0.324. The summed E-state index contributed by atoms with van der Waals surface area (Å²) in [6, 6.07) is 13.7. The van der Waals surface area contributed by atoms with Crippen LogP contribution in [0.15, 0.2) is 47.4 Å². The van der Waals surface area contributed by atoms with Crippen LogP contribution in [0, 0.1) is 5.41 Å². The Morgan fingerprint density at radius 1 is 0.953 bits per heavy atom. The minimum Gasteiger partial charge on any atom is -0.494 e. The Morgan fingerprint density at radius 2 is 1.65 bits per heavy atom. The second-order valence-electron chi connectivity index (χ2n) is 13.7. The molecule has 0 aromatic heterocycles. The Balaban J connectivity index is 1.36. The molecule has 0 saturated carbocycles. The molecule has 0 amide bonds. The van der Waals surface area contributed by atoms with Gasteiger partial charge in [0, 0.05) is 50.7 Å². The summed E-state index contributed by atoms with van der Waals surface area (Å²) in [5.74, 6) is 0.369. The molecule has 0 aliphatic carbocycles. The lowest BCUT2D eigenvalue weighted by molar-refractivity contribution is -0.941. The lowest BCUT2D eigenvalue weighted by atomic mass is 9.68. The molecule has 4 aliphatic rings. The molecule has 4 aliphatic heterocycles. The van der Waals surface area contributed by atoms with Crippen LogP contribution in [-0.2, 0) is 9.84 Å². The predicted octanol–water partition coefficient (Wildman–Crippen LogP) is 5.31. The van der Waals surface area contributed by atoms with Crippen molar-refractivity contribution in [3.05, 3.63) is 53.6 Å². The third-order valence-corrected chi connectivity index (χ3v) is 12.6. The molecule has 1 N–H and O–H groups in total. The molecular formula is C35H54N3O4S+. The first-order chi connectivity index (χ1) is 20.6. The maximum Gasteiger partial charge on any atom is 0.179 e. The summed E-state index contributed by atoms with van der Waals surface area (Å²) in [6.45, 7) is 13.8. The molecule has 3 fully saturated rings. The fraction of sp³-hybridized carbons (Fsp3) is 0.657. The third-order valence-electron chi connectivity index (χ3n) is 10.6. The quantitative estimate of drug-likeness (QED) is 0.244. The van der Waals surface area contributed by atoms with Crippen molar-refractivity contribution < 1.29 is 22.7 Å². The van der Waals surface area contributed by atoms with Crippen LogP contribution in [0.4, 0.5) is 5.69 Å². The summed E-state index contributed by atoms with van der Waals surface area (Å²) < 4.78 is 35.4. The van der Waals surface area contributed by atoms with Crippen molar-refractivity contribution in [1.82, 2.24) is 4.90 Å². The molecule has 6 rings (SSSR count). The molecule has 3 atom stereocenters. The van der Waals surface area contributed by atoms with Crippen molar-refractivity contribution in [3.8, 4) is 5.75 Å². The molecule has 0 spiro atoms. The number of sulfone groups is 1. The minimum atomic E-state index is -3.60. The van der Waals surface area contributed by atoms with Crippen molar-refractivity contribution in [3.63, 3.8) is 0 Å². The van der Waals surface area contributed by atoms with E-state index in [1.807, 2.05) is 55.4 Å². The highest BCUT2D eigenvalue weighted by molar-refractivity contribution is 7.91. The number of hydrogen-bond acceptors (Lipinski definition) is 6. The Kier molecular flexibility index (Phi) is 10.1. The largest absolute Gasteiger partial charge is 0.494 e. The van der Waals surface area contributed by atoms with Crippen LogP contribution >= 0.6 is 0 Å². The van der Waals surface area contributed by atoms with E-state index in [1.54, 1.807) is 6.07 Å². The standard InChI is InChI=1S/C35H54N3O4S/c1-5-7-17-35(16-6-2)27-43(40,41)32-15-12-29(36(3)4)26-31(32)33(34(35)39)28-10-13-30(14-11-28)42-25-9-8-21-38-22-18-37(19-23-38)20-24-38/h10-15,26,33-34,39H,5-9,16-25,27H2,1-4H3/q+1/t33-,34-,35?/m1/s1. The molecule has 4 heterocycles. The topological polar surface area (TPSA) is 70.1 Å². The van der Waals surface area contributed by atoms with E-state index >= 15 is 0 Å². The van der Waals surface area contributed by atoms with E-state index in [-0.39, 0.29) is 5.75 Å². The normalized spacial score (nSPS) is 29.6. The van der Waals surface area contributed by atoms with Crippen LogP contribution < -0.4 is 9.64 Å². The lowest BCUT2D eigenvalue weighted by Gasteiger charge is -2.50. The SMILES string of the molecule is CCCCC1(CCC)CS(=O)(=O)c2ccc(N(C)C)cc2[C@@H](c2ccc(OCCCC[N+]34CCN(CC3)CC4)cc2)[C@H]1O. The molecule has 8 heteroatoms. The van der Waals surface area contributed by atoms with Crippen molar-refractivity contribution in [1.29, 1.82) is 0 Å². The zero-order valence-corrected chi connectivity index (χ0v) is 27.7. The fourth-order valence-corrected chi connectivity index (χ4v) is 10.1. The van der Waals surface area contributed by atoms with E-state index in [0.717, 1.165) is 42.7 Å². The number of anilines is 1. The van der Waals surface area contributed by atoms with E-state index in [9.17, 15) is 13.5 Å². The minimum absolute atomic E-state index is 0.0146. The summed E-state index contributed by atoms with van der Waals surface area (Å²) >= 11 is 0. The summed E-state index contributed by atoms with van der Waals surface area (Å²) in [5, 5.41) is 12.3. The molecule has 2 aromatic carbocycles. The van der Waals surface area contributed by atoms with Gasteiger partial charge in [0.05, 0.1) is 49.5 Å². The van der Waals surface area contributed by atoms with Gasteiger partial charge in [-0.2, -0.15) is 0 Å². The number of rotatable bonds is 13. The van der Waals surface area contributed by atoms with Gasteiger partial charge in [-0.1, -0.05) is 45.2 Å². The molecule has 238 valence electrons. The van der Waals surface area contributed by atoms with Crippen LogP contribution in [0.25, 0.3) is 0 Å². The predicted molar refractivity (Wildman–Crippen MR) is 175 cm³/mol. The van der Waals surface area contributed by atoms with Gasteiger partial charge < -0.3 is 19.2 Å². The maximum atomic E-state index is 14.0. The van der Waals surface area contributed by atoms with Gasteiger partial charge >= 0.3 is 0 Å². The van der Waals surface area contributed by atoms with Gasteiger partial charge in [0.15, 0.2) is 9.84 Å². The number of hydrogen-bond donors (Lipinski definition) is 1. The van der Waals surface area contributed by atoms with Crippen molar-refractivity contribution in [2.24, 2.45) is 5.41 Å². The van der Waals surface area contributed by atoms with Gasteiger partial charge in [0.25, 0.3) is 0 Å². The van der Waals surface area contributed by atoms with E-state index in [1.165, 1.54) is 56.7 Å². The van der Waals surface area contributed by atoms with Gasteiger partial charge in [-0.15, -0.1) is 0 Å². The van der Waals surface area contributed by atoms with Crippen LogP contribution in [0.5, 0.6) is 5.75 Å².